The molecule has 2 aromatic carbocycles. The predicted molar refractivity (Wildman–Crippen MR) is 95.7 cm³/mol. The van der Waals surface area contributed by atoms with Crippen LogP contribution in [0.1, 0.15) is 12.0 Å². The molecule has 0 fully saturated rings. The smallest absolute Gasteiger partial charge is 0.408 e. The lowest BCUT2D eigenvalue weighted by molar-refractivity contribution is -0.130. The quantitative estimate of drug-likeness (QED) is 0.672. The number of hydrogen-bond acceptors (Lipinski definition) is 3. The predicted octanol–water partition coefficient (Wildman–Crippen LogP) is 3.41. The van der Waals surface area contributed by atoms with Crippen molar-refractivity contribution >= 4 is 32.9 Å². The molecule has 0 unspecified atom stereocenters. The Morgan fingerprint density at radius 3 is 2.67 bits per heavy atom. The van der Waals surface area contributed by atoms with Crippen LogP contribution in [-0.2, 0) is 17.9 Å². The normalized spacial score (nSPS) is 10.9. The van der Waals surface area contributed by atoms with E-state index in [1.807, 2.05) is 42.5 Å². The fourth-order valence-corrected chi connectivity index (χ4v) is 3.00. The second-order valence-corrected chi connectivity index (χ2v) is 6.43. The van der Waals surface area contributed by atoms with Crippen LogP contribution in [0.3, 0.4) is 0 Å². The third-order valence-electron chi connectivity index (χ3n) is 3.91. The van der Waals surface area contributed by atoms with Gasteiger partial charge in [0.05, 0.1) is 5.52 Å². The van der Waals surface area contributed by atoms with E-state index in [0.717, 1.165) is 10.0 Å². The largest absolute Gasteiger partial charge is 0.419 e. The molecule has 0 atom stereocenters. The topological polar surface area (TPSA) is 55.5 Å². The van der Waals surface area contributed by atoms with Gasteiger partial charge in [0, 0.05) is 31.0 Å². The van der Waals surface area contributed by atoms with E-state index in [1.165, 1.54) is 4.57 Å². The van der Waals surface area contributed by atoms with Gasteiger partial charge in [0.25, 0.3) is 0 Å². The summed E-state index contributed by atoms with van der Waals surface area (Å²) in [5, 5.41) is 0. The van der Waals surface area contributed by atoms with Gasteiger partial charge in [-0.25, -0.2) is 4.79 Å². The summed E-state index contributed by atoms with van der Waals surface area (Å²) >= 11 is 3.49. The van der Waals surface area contributed by atoms with Crippen molar-refractivity contribution in [3.63, 3.8) is 0 Å². The van der Waals surface area contributed by atoms with Crippen LogP contribution in [0.25, 0.3) is 11.1 Å². The van der Waals surface area contributed by atoms with Crippen LogP contribution >= 0.6 is 15.9 Å². The molecule has 1 amide bonds. The molecule has 5 nitrogen and oxygen atoms in total. The molecule has 0 radical (unpaired) electrons. The number of rotatable bonds is 5. The second kappa shape index (κ2) is 7.05. The van der Waals surface area contributed by atoms with Crippen LogP contribution in [0, 0.1) is 0 Å². The van der Waals surface area contributed by atoms with E-state index in [2.05, 4.69) is 15.9 Å². The minimum absolute atomic E-state index is 0.0251. The van der Waals surface area contributed by atoms with Crippen molar-refractivity contribution in [2.24, 2.45) is 0 Å². The minimum Gasteiger partial charge on any atom is -0.408 e. The van der Waals surface area contributed by atoms with Gasteiger partial charge in [0.1, 0.15) is 0 Å². The van der Waals surface area contributed by atoms with E-state index in [9.17, 15) is 9.59 Å². The van der Waals surface area contributed by atoms with E-state index >= 15 is 0 Å². The van der Waals surface area contributed by atoms with E-state index in [-0.39, 0.29) is 12.3 Å². The van der Waals surface area contributed by atoms with Gasteiger partial charge >= 0.3 is 5.76 Å². The third-order valence-corrected chi connectivity index (χ3v) is 4.69. The minimum atomic E-state index is -0.433. The number of nitrogens with zero attached hydrogens (tertiary/aromatic N) is 2. The summed E-state index contributed by atoms with van der Waals surface area (Å²) in [4.78, 5) is 25.9. The molecule has 24 heavy (non-hydrogen) atoms. The van der Waals surface area contributed by atoms with Gasteiger partial charge < -0.3 is 9.32 Å². The molecule has 124 valence electrons. The first-order chi connectivity index (χ1) is 11.6. The number of fused-ring (bicyclic) bond motifs is 1. The summed E-state index contributed by atoms with van der Waals surface area (Å²) in [5.74, 6) is -0.458. The van der Waals surface area contributed by atoms with Crippen molar-refractivity contribution in [2.75, 3.05) is 7.05 Å². The SMILES string of the molecule is CN(Cc1ccccc1Br)C(=O)CCn1c(=O)oc2ccccc21. The summed E-state index contributed by atoms with van der Waals surface area (Å²) in [6, 6.07) is 15.0. The van der Waals surface area contributed by atoms with Crippen LogP contribution in [0.4, 0.5) is 0 Å². The monoisotopic (exact) mass is 388 g/mol. The van der Waals surface area contributed by atoms with Crippen molar-refractivity contribution in [3.05, 3.63) is 69.1 Å². The summed E-state index contributed by atoms with van der Waals surface area (Å²) in [6.45, 7) is 0.816. The number of benzene rings is 2. The van der Waals surface area contributed by atoms with E-state index in [1.54, 1.807) is 18.0 Å². The molecule has 0 aliphatic heterocycles. The highest BCUT2D eigenvalue weighted by atomic mass is 79.9. The van der Waals surface area contributed by atoms with Crippen LogP contribution < -0.4 is 5.76 Å². The molecule has 0 saturated heterocycles. The standard InChI is InChI=1S/C18H17BrN2O3/c1-20(12-13-6-2-3-7-14(13)19)17(22)10-11-21-15-8-4-5-9-16(15)24-18(21)23/h2-9H,10-12H2,1H3. The Morgan fingerprint density at radius 1 is 1.17 bits per heavy atom. The summed E-state index contributed by atoms with van der Waals surface area (Å²) in [5.41, 5.74) is 2.29. The van der Waals surface area contributed by atoms with Crippen LogP contribution in [-0.4, -0.2) is 22.4 Å². The van der Waals surface area contributed by atoms with Gasteiger partial charge in [-0.15, -0.1) is 0 Å². The number of oxazole rings is 1. The summed E-state index contributed by atoms with van der Waals surface area (Å²) in [7, 11) is 1.76. The maximum Gasteiger partial charge on any atom is 0.419 e. The Balaban J connectivity index is 1.67. The molecule has 0 bridgehead atoms. The average molecular weight is 389 g/mol. The lowest BCUT2D eigenvalue weighted by atomic mass is 10.2. The highest BCUT2D eigenvalue weighted by Crippen LogP contribution is 2.18. The number of halogens is 1. The number of aromatic nitrogens is 1. The summed E-state index contributed by atoms with van der Waals surface area (Å²) < 4.78 is 7.65. The van der Waals surface area contributed by atoms with Gasteiger partial charge in [-0.2, -0.15) is 0 Å². The van der Waals surface area contributed by atoms with Crippen LogP contribution in [0.5, 0.6) is 0 Å². The van der Waals surface area contributed by atoms with Gasteiger partial charge in [-0.3, -0.25) is 9.36 Å². The molecular formula is C18H17BrN2O3. The zero-order valence-corrected chi connectivity index (χ0v) is 14.8. The van der Waals surface area contributed by atoms with Gasteiger partial charge in [0.15, 0.2) is 5.58 Å². The fraction of sp³-hybridized carbons (Fsp3) is 0.222. The molecule has 1 aromatic heterocycles. The first-order valence-electron chi connectivity index (χ1n) is 7.62. The number of amides is 1. The maximum absolute atomic E-state index is 12.4. The molecular weight excluding hydrogens is 372 g/mol. The van der Waals surface area contributed by atoms with E-state index in [0.29, 0.717) is 24.2 Å². The highest BCUT2D eigenvalue weighted by molar-refractivity contribution is 9.10. The maximum atomic E-state index is 12.4. The first kappa shape index (κ1) is 16.5. The Hall–Kier alpha value is -2.34. The zero-order chi connectivity index (χ0) is 17.1. The van der Waals surface area contributed by atoms with Crippen molar-refractivity contribution < 1.29 is 9.21 Å². The molecule has 0 aliphatic rings. The van der Waals surface area contributed by atoms with Crippen molar-refractivity contribution in [1.82, 2.24) is 9.47 Å². The molecule has 0 spiro atoms. The van der Waals surface area contributed by atoms with Crippen LogP contribution in [0.2, 0.25) is 0 Å². The number of carbonyl (C=O) groups excluding carboxylic acids is 1. The van der Waals surface area contributed by atoms with E-state index in [4.69, 9.17) is 4.42 Å². The Morgan fingerprint density at radius 2 is 1.88 bits per heavy atom. The van der Waals surface area contributed by atoms with Gasteiger partial charge in [-0.1, -0.05) is 46.3 Å². The molecule has 3 rings (SSSR count). The molecule has 0 aliphatic carbocycles. The Labute approximate surface area is 147 Å². The average Bonchev–Trinajstić information content (AvgIpc) is 2.90. The fourth-order valence-electron chi connectivity index (χ4n) is 2.59. The van der Waals surface area contributed by atoms with Gasteiger partial charge in [-0.05, 0) is 23.8 Å². The Kier molecular flexibility index (Phi) is 4.85. The number of hydrogen-bond donors (Lipinski definition) is 0. The number of para-hydroxylation sites is 2. The molecule has 0 N–H and O–H groups in total. The second-order valence-electron chi connectivity index (χ2n) is 5.58. The molecule has 1 heterocycles. The van der Waals surface area contributed by atoms with E-state index < -0.39 is 5.76 Å². The summed E-state index contributed by atoms with van der Waals surface area (Å²) in [6.07, 6.45) is 0.240. The number of carbonyl (C=O) groups is 1. The highest BCUT2D eigenvalue weighted by Gasteiger charge is 2.14. The Bertz CT molecular complexity index is 929. The van der Waals surface area contributed by atoms with Crippen molar-refractivity contribution in [3.8, 4) is 0 Å². The lowest BCUT2D eigenvalue weighted by Crippen LogP contribution is -2.28. The molecule has 6 heteroatoms. The number of aryl methyl sites for hydroxylation is 1. The molecule has 0 saturated carbocycles. The lowest BCUT2D eigenvalue weighted by Gasteiger charge is -2.18. The third kappa shape index (κ3) is 3.43. The zero-order valence-electron chi connectivity index (χ0n) is 13.2. The van der Waals surface area contributed by atoms with Crippen LogP contribution in [0.15, 0.2) is 62.2 Å². The first-order valence-corrected chi connectivity index (χ1v) is 8.41. The van der Waals surface area contributed by atoms with Gasteiger partial charge in [0.2, 0.25) is 5.91 Å². The van der Waals surface area contributed by atoms with Crippen molar-refractivity contribution in [1.29, 1.82) is 0 Å². The van der Waals surface area contributed by atoms with Crippen molar-refractivity contribution in [2.45, 2.75) is 19.5 Å². The molecule has 3 aromatic rings.